The average Bonchev–Trinajstić information content (AvgIpc) is 2.87. The van der Waals surface area contributed by atoms with Crippen molar-refractivity contribution in [3.63, 3.8) is 0 Å². The molecule has 0 aliphatic carbocycles. The van der Waals surface area contributed by atoms with Gasteiger partial charge in [-0.15, -0.1) is 0 Å². The van der Waals surface area contributed by atoms with Crippen LogP contribution in [0, 0.1) is 0 Å². The number of carbonyl (C=O) groups excluding carboxylic acids is 1. The van der Waals surface area contributed by atoms with E-state index in [0.29, 0.717) is 50.8 Å². The monoisotopic (exact) mass is 369 g/mol. The summed E-state index contributed by atoms with van der Waals surface area (Å²) in [6.45, 7) is 3.94. The van der Waals surface area contributed by atoms with E-state index in [9.17, 15) is 13.2 Å². The SMILES string of the molecule is C[C@@H](N)C(=O)N1CCCN(S(=O)(=O)c2ccc3c(c2)OCCO3)CC1. The lowest BCUT2D eigenvalue weighted by molar-refractivity contribution is -0.132. The van der Waals surface area contributed by atoms with Gasteiger partial charge in [0.1, 0.15) is 13.2 Å². The molecule has 2 heterocycles. The van der Waals surface area contributed by atoms with Crippen LogP contribution in [0.2, 0.25) is 0 Å². The van der Waals surface area contributed by atoms with E-state index in [1.807, 2.05) is 0 Å². The second-order valence-corrected chi connectivity index (χ2v) is 8.11. The van der Waals surface area contributed by atoms with Crippen LogP contribution in [0.3, 0.4) is 0 Å². The van der Waals surface area contributed by atoms with Crippen LogP contribution in [-0.2, 0) is 14.8 Å². The van der Waals surface area contributed by atoms with Crippen LogP contribution in [0.5, 0.6) is 11.5 Å². The van der Waals surface area contributed by atoms with Crippen molar-refractivity contribution in [2.24, 2.45) is 5.73 Å². The summed E-state index contributed by atoms with van der Waals surface area (Å²) in [5.74, 6) is 0.837. The Balaban J connectivity index is 1.77. The second kappa shape index (κ2) is 7.19. The lowest BCUT2D eigenvalue weighted by Crippen LogP contribution is -2.44. The number of hydrogen-bond acceptors (Lipinski definition) is 6. The highest BCUT2D eigenvalue weighted by Crippen LogP contribution is 2.33. The zero-order chi connectivity index (χ0) is 18.0. The highest BCUT2D eigenvalue weighted by atomic mass is 32.2. The largest absolute Gasteiger partial charge is 0.486 e. The van der Waals surface area contributed by atoms with Gasteiger partial charge in [-0.1, -0.05) is 0 Å². The maximum atomic E-state index is 12.9. The van der Waals surface area contributed by atoms with Gasteiger partial charge in [0.25, 0.3) is 0 Å². The maximum absolute atomic E-state index is 12.9. The fraction of sp³-hybridized carbons (Fsp3) is 0.562. The van der Waals surface area contributed by atoms with Crippen molar-refractivity contribution in [1.82, 2.24) is 9.21 Å². The lowest BCUT2D eigenvalue weighted by atomic mass is 10.3. The molecule has 0 spiro atoms. The first kappa shape index (κ1) is 18.0. The predicted octanol–water partition coefficient (Wildman–Crippen LogP) is 0.0280. The number of nitrogens with zero attached hydrogens (tertiary/aromatic N) is 2. The number of ether oxygens (including phenoxy) is 2. The first-order chi connectivity index (χ1) is 11.9. The summed E-state index contributed by atoms with van der Waals surface area (Å²) < 4.78 is 38.2. The molecule has 1 atom stereocenters. The predicted molar refractivity (Wildman–Crippen MR) is 91.0 cm³/mol. The normalized spacial score (nSPS) is 20.0. The summed E-state index contributed by atoms with van der Waals surface area (Å²) in [4.78, 5) is 13.8. The molecule has 1 saturated heterocycles. The van der Waals surface area contributed by atoms with Crippen LogP contribution in [0.15, 0.2) is 23.1 Å². The van der Waals surface area contributed by atoms with Crippen LogP contribution >= 0.6 is 0 Å². The van der Waals surface area contributed by atoms with Crippen molar-refractivity contribution in [2.75, 3.05) is 39.4 Å². The molecule has 0 bridgehead atoms. The lowest BCUT2D eigenvalue weighted by Gasteiger charge is -2.24. The summed E-state index contributed by atoms with van der Waals surface area (Å²) in [5.41, 5.74) is 5.65. The second-order valence-electron chi connectivity index (χ2n) is 6.18. The van der Waals surface area contributed by atoms with Crippen LogP contribution < -0.4 is 15.2 Å². The van der Waals surface area contributed by atoms with E-state index >= 15 is 0 Å². The third kappa shape index (κ3) is 3.73. The zero-order valence-corrected chi connectivity index (χ0v) is 15.0. The average molecular weight is 369 g/mol. The molecule has 138 valence electrons. The molecule has 0 radical (unpaired) electrons. The van der Waals surface area contributed by atoms with Crippen LogP contribution in [-0.4, -0.2) is 69.0 Å². The number of rotatable bonds is 3. The Morgan fingerprint density at radius 2 is 1.84 bits per heavy atom. The Kier molecular flexibility index (Phi) is 5.16. The van der Waals surface area contributed by atoms with E-state index in [4.69, 9.17) is 15.2 Å². The standard InChI is InChI=1S/C16H23N3O5S/c1-12(17)16(20)18-5-2-6-19(8-7-18)25(21,22)13-3-4-14-15(11-13)24-10-9-23-14/h3-4,11-12H,2,5-10,17H2,1H3/t12-/m1/s1. The molecule has 1 aromatic rings. The third-order valence-corrected chi connectivity index (χ3v) is 6.20. The van der Waals surface area contributed by atoms with Crippen molar-refractivity contribution in [1.29, 1.82) is 0 Å². The summed E-state index contributed by atoms with van der Waals surface area (Å²) in [5, 5.41) is 0. The van der Waals surface area contributed by atoms with Crippen LogP contribution in [0.1, 0.15) is 13.3 Å². The van der Waals surface area contributed by atoms with Gasteiger partial charge in [0.2, 0.25) is 15.9 Å². The van der Waals surface area contributed by atoms with Gasteiger partial charge in [-0.3, -0.25) is 4.79 Å². The molecule has 1 amide bonds. The summed E-state index contributed by atoms with van der Waals surface area (Å²) in [7, 11) is -3.66. The summed E-state index contributed by atoms with van der Waals surface area (Å²) in [6, 6.07) is 4.06. The van der Waals surface area contributed by atoms with E-state index in [-0.39, 0.29) is 17.3 Å². The molecule has 0 unspecified atom stereocenters. The Hall–Kier alpha value is -1.84. The van der Waals surface area contributed by atoms with Gasteiger partial charge < -0.3 is 20.1 Å². The Morgan fingerprint density at radius 1 is 1.12 bits per heavy atom. The van der Waals surface area contributed by atoms with Crippen molar-refractivity contribution >= 4 is 15.9 Å². The molecular weight excluding hydrogens is 346 g/mol. The minimum Gasteiger partial charge on any atom is -0.486 e. The van der Waals surface area contributed by atoms with Crippen molar-refractivity contribution < 1.29 is 22.7 Å². The van der Waals surface area contributed by atoms with E-state index < -0.39 is 16.1 Å². The third-order valence-electron chi connectivity index (χ3n) is 4.31. The topological polar surface area (TPSA) is 102 Å². The van der Waals surface area contributed by atoms with Crippen molar-refractivity contribution in [3.05, 3.63) is 18.2 Å². The molecular formula is C16H23N3O5S. The molecule has 25 heavy (non-hydrogen) atoms. The van der Waals surface area contributed by atoms with E-state index in [0.717, 1.165) is 0 Å². The Morgan fingerprint density at radius 3 is 2.56 bits per heavy atom. The number of carbonyl (C=O) groups is 1. The van der Waals surface area contributed by atoms with Gasteiger partial charge in [-0.2, -0.15) is 4.31 Å². The quantitative estimate of drug-likeness (QED) is 0.806. The highest BCUT2D eigenvalue weighted by Gasteiger charge is 2.30. The van der Waals surface area contributed by atoms with Gasteiger partial charge in [-0.25, -0.2) is 8.42 Å². The van der Waals surface area contributed by atoms with Gasteiger partial charge in [-0.05, 0) is 25.5 Å². The Labute approximate surface area is 147 Å². The van der Waals surface area contributed by atoms with E-state index in [1.54, 1.807) is 17.9 Å². The molecule has 2 N–H and O–H groups in total. The fourth-order valence-electron chi connectivity index (χ4n) is 2.98. The van der Waals surface area contributed by atoms with Gasteiger partial charge in [0, 0.05) is 32.2 Å². The number of fused-ring (bicyclic) bond motifs is 1. The number of nitrogens with two attached hydrogens (primary N) is 1. The first-order valence-electron chi connectivity index (χ1n) is 8.34. The number of sulfonamides is 1. The molecule has 1 aromatic carbocycles. The molecule has 0 saturated carbocycles. The number of benzene rings is 1. The summed E-state index contributed by atoms with van der Waals surface area (Å²) >= 11 is 0. The van der Waals surface area contributed by atoms with Gasteiger partial charge in [0.15, 0.2) is 11.5 Å². The molecule has 9 heteroatoms. The smallest absolute Gasteiger partial charge is 0.243 e. The van der Waals surface area contributed by atoms with Crippen LogP contribution in [0.25, 0.3) is 0 Å². The fourth-order valence-corrected chi connectivity index (χ4v) is 4.46. The number of hydrogen-bond donors (Lipinski definition) is 1. The molecule has 8 nitrogen and oxygen atoms in total. The zero-order valence-electron chi connectivity index (χ0n) is 14.2. The molecule has 3 rings (SSSR count). The van der Waals surface area contributed by atoms with Gasteiger partial charge in [0.05, 0.1) is 10.9 Å². The van der Waals surface area contributed by atoms with Crippen LogP contribution in [0.4, 0.5) is 0 Å². The van der Waals surface area contributed by atoms with E-state index in [1.165, 1.54) is 16.4 Å². The van der Waals surface area contributed by atoms with Gasteiger partial charge >= 0.3 is 0 Å². The van der Waals surface area contributed by atoms with E-state index in [2.05, 4.69) is 0 Å². The van der Waals surface area contributed by atoms with Crippen molar-refractivity contribution in [2.45, 2.75) is 24.3 Å². The molecule has 1 fully saturated rings. The highest BCUT2D eigenvalue weighted by molar-refractivity contribution is 7.89. The Bertz CT molecular complexity index is 750. The summed E-state index contributed by atoms with van der Waals surface area (Å²) in [6.07, 6.45) is 0.572. The maximum Gasteiger partial charge on any atom is 0.243 e. The molecule has 0 aromatic heterocycles. The van der Waals surface area contributed by atoms with Crippen molar-refractivity contribution in [3.8, 4) is 11.5 Å². The minimum absolute atomic E-state index is 0.154. The number of amides is 1. The minimum atomic E-state index is -3.66. The molecule has 2 aliphatic rings. The molecule has 2 aliphatic heterocycles. The first-order valence-corrected chi connectivity index (χ1v) is 9.78.